The van der Waals surface area contributed by atoms with Gasteiger partial charge in [0.1, 0.15) is 5.60 Å². The van der Waals surface area contributed by atoms with Crippen molar-refractivity contribution in [2.24, 2.45) is 5.73 Å². The normalized spacial score (nSPS) is 16.6. The molecule has 0 unspecified atom stereocenters. The van der Waals surface area contributed by atoms with Crippen LogP contribution in [0.3, 0.4) is 0 Å². The number of ether oxygens (including phenoxy) is 1. The number of carbonyl (C=O) groups is 1. The third-order valence-electron chi connectivity index (χ3n) is 3.72. The van der Waals surface area contributed by atoms with Crippen LogP contribution in [0.15, 0.2) is 18.2 Å². The van der Waals surface area contributed by atoms with E-state index in [1.54, 1.807) is 0 Å². The molecule has 0 aromatic heterocycles. The molecule has 0 atom stereocenters. The van der Waals surface area contributed by atoms with E-state index in [0.29, 0.717) is 6.54 Å². The van der Waals surface area contributed by atoms with Gasteiger partial charge >= 0.3 is 6.09 Å². The minimum Gasteiger partial charge on any atom is -0.444 e. The average Bonchev–Trinajstić information content (AvgIpc) is 3.10. The number of nitrogens with one attached hydrogen (secondary N) is 1. The Labute approximate surface area is 120 Å². The van der Waals surface area contributed by atoms with Gasteiger partial charge in [-0.15, -0.1) is 0 Å². The molecular formula is C16H24N2O2. The second kappa shape index (κ2) is 5.09. The van der Waals surface area contributed by atoms with Gasteiger partial charge in [0, 0.05) is 17.6 Å². The fraction of sp³-hybridized carbons (Fsp3) is 0.562. The van der Waals surface area contributed by atoms with Crippen molar-refractivity contribution in [1.82, 2.24) is 0 Å². The molecule has 0 bridgehead atoms. The number of rotatable bonds is 3. The van der Waals surface area contributed by atoms with Crippen molar-refractivity contribution in [3.8, 4) is 0 Å². The van der Waals surface area contributed by atoms with Gasteiger partial charge in [0.25, 0.3) is 0 Å². The Hall–Kier alpha value is -1.55. The first-order chi connectivity index (χ1) is 9.26. The molecule has 1 saturated carbocycles. The molecule has 1 fully saturated rings. The molecule has 1 amide bonds. The van der Waals surface area contributed by atoms with Crippen LogP contribution in [0.2, 0.25) is 0 Å². The fourth-order valence-corrected chi connectivity index (χ4v) is 2.31. The van der Waals surface area contributed by atoms with E-state index >= 15 is 0 Å². The summed E-state index contributed by atoms with van der Waals surface area (Å²) in [5.41, 5.74) is 8.63. The molecule has 110 valence electrons. The Kier molecular flexibility index (Phi) is 3.78. The second-order valence-electron chi connectivity index (χ2n) is 6.64. The van der Waals surface area contributed by atoms with Gasteiger partial charge in [0.05, 0.1) is 0 Å². The van der Waals surface area contributed by atoms with Crippen LogP contribution in [0.25, 0.3) is 0 Å². The first-order valence-electron chi connectivity index (χ1n) is 7.07. The van der Waals surface area contributed by atoms with Crippen molar-refractivity contribution in [3.63, 3.8) is 0 Å². The summed E-state index contributed by atoms with van der Waals surface area (Å²) in [6, 6.07) is 6.11. The summed E-state index contributed by atoms with van der Waals surface area (Å²) >= 11 is 0. The quantitative estimate of drug-likeness (QED) is 0.890. The Morgan fingerprint density at radius 2 is 2.05 bits per heavy atom. The summed E-state index contributed by atoms with van der Waals surface area (Å²) in [4.78, 5) is 11.8. The van der Waals surface area contributed by atoms with Crippen LogP contribution < -0.4 is 11.1 Å². The van der Waals surface area contributed by atoms with Crippen molar-refractivity contribution in [3.05, 3.63) is 29.3 Å². The molecule has 3 N–H and O–H groups in total. The van der Waals surface area contributed by atoms with E-state index in [1.165, 1.54) is 5.56 Å². The first-order valence-corrected chi connectivity index (χ1v) is 7.07. The molecule has 1 aliphatic carbocycles. The Morgan fingerprint density at radius 1 is 1.40 bits per heavy atom. The molecule has 1 aromatic rings. The van der Waals surface area contributed by atoms with Crippen molar-refractivity contribution < 1.29 is 9.53 Å². The standard InChI is InChI=1S/C16H24N2O2/c1-11-9-12(16(10-17)7-8-16)5-6-13(11)18-14(19)20-15(2,3)4/h5-6,9H,7-8,10,17H2,1-4H3,(H,18,19). The molecule has 0 radical (unpaired) electrons. The number of anilines is 1. The Bertz CT molecular complexity index is 514. The number of hydrogen-bond donors (Lipinski definition) is 2. The summed E-state index contributed by atoms with van der Waals surface area (Å²) in [5.74, 6) is 0. The Balaban J connectivity index is 2.09. The number of benzene rings is 1. The third-order valence-corrected chi connectivity index (χ3v) is 3.72. The van der Waals surface area contributed by atoms with E-state index in [1.807, 2.05) is 33.8 Å². The smallest absolute Gasteiger partial charge is 0.412 e. The van der Waals surface area contributed by atoms with Gasteiger partial charge in [-0.1, -0.05) is 12.1 Å². The Morgan fingerprint density at radius 3 is 2.50 bits per heavy atom. The molecular weight excluding hydrogens is 252 g/mol. The second-order valence-corrected chi connectivity index (χ2v) is 6.64. The van der Waals surface area contributed by atoms with Crippen LogP contribution in [0, 0.1) is 6.92 Å². The number of carbonyl (C=O) groups excluding carboxylic acids is 1. The van der Waals surface area contributed by atoms with E-state index in [9.17, 15) is 4.79 Å². The van der Waals surface area contributed by atoms with E-state index in [2.05, 4.69) is 17.4 Å². The molecule has 4 nitrogen and oxygen atoms in total. The predicted molar refractivity (Wildman–Crippen MR) is 81.0 cm³/mol. The summed E-state index contributed by atoms with van der Waals surface area (Å²) in [6.45, 7) is 8.22. The van der Waals surface area contributed by atoms with Crippen LogP contribution in [0.5, 0.6) is 0 Å². The predicted octanol–water partition coefficient (Wildman–Crippen LogP) is 3.33. The van der Waals surface area contributed by atoms with Crippen LogP contribution in [0.1, 0.15) is 44.7 Å². The van der Waals surface area contributed by atoms with Crippen molar-refractivity contribution in [2.75, 3.05) is 11.9 Å². The number of nitrogens with two attached hydrogens (primary N) is 1. The minimum absolute atomic E-state index is 0.176. The minimum atomic E-state index is -0.491. The van der Waals surface area contributed by atoms with E-state index in [4.69, 9.17) is 10.5 Å². The van der Waals surface area contributed by atoms with Gasteiger partial charge in [-0.3, -0.25) is 5.32 Å². The molecule has 0 aliphatic heterocycles. The topological polar surface area (TPSA) is 64.3 Å². The number of amides is 1. The largest absolute Gasteiger partial charge is 0.444 e. The third kappa shape index (κ3) is 3.31. The summed E-state index contributed by atoms with van der Waals surface area (Å²) in [5, 5.41) is 2.79. The van der Waals surface area contributed by atoms with Crippen molar-refractivity contribution in [2.45, 2.75) is 51.6 Å². The van der Waals surface area contributed by atoms with Crippen LogP contribution in [-0.4, -0.2) is 18.2 Å². The first kappa shape index (κ1) is 14.9. The SMILES string of the molecule is Cc1cc(C2(CN)CC2)ccc1NC(=O)OC(C)(C)C. The lowest BCUT2D eigenvalue weighted by molar-refractivity contribution is 0.0636. The van der Waals surface area contributed by atoms with Gasteiger partial charge < -0.3 is 10.5 Å². The molecule has 0 spiro atoms. The van der Waals surface area contributed by atoms with Crippen molar-refractivity contribution in [1.29, 1.82) is 0 Å². The van der Waals surface area contributed by atoms with Crippen LogP contribution in [-0.2, 0) is 10.2 Å². The maximum absolute atomic E-state index is 11.8. The van der Waals surface area contributed by atoms with Crippen molar-refractivity contribution >= 4 is 11.8 Å². The lowest BCUT2D eigenvalue weighted by atomic mass is 9.94. The maximum Gasteiger partial charge on any atom is 0.412 e. The number of aryl methyl sites for hydroxylation is 1. The highest BCUT2D eigenvalue weighted by molar-refractivity contribution is 5.86. The van der Waals surface area contributed by atoms with E-state index in [0.717, 1.165) is 24.1 Å². The molecule has 20 heavy (non-hydrogen) atoms. The molecule has 2 rings (SSSR count). The zero-order chi connectivity index (χ0) is 15.0. The van der Waals surface area contributed by atoms with Gasteiger partial charge in [0.15, 0.2) is 0 Å². The monoisotopic (exact) mass is 276 g/mol. The summed E-state index contributed by atoms with van der Waals surface area (Å²) in [6.07, 6.45) is 1.89. The highest BCUT2D eigenvalue weighted by Gasteiger charge is 2.42. The van der Waals surface area contributed by atoms with E-state index < -0.39 is 11.7 Å². The zero-order valence-corrected chi connectivity index (χ0v) is 12.7. The van der Waals surface area contributed by atoms with Crippen LogP contribution in [0.4, 0.5) is 10.5 Å². The number of hydrogen-bond acceptors (Lipinski definition) is 3. The van der Waals surface area contributed by atoms with Gasteiger partial charge in [-0.2, -0.15) is 0 Å². The summed E-state index contributed by atoms with van der Waals surface area (Å²) < 4.78 is 5.26. The fourth-order valence-electron chi connectivity index (χ4n) is 2.31. The van der Waals surface area contributed by atoms with Gasteiger partial charge in [-0.25, -0.2) is 4.79 Å². The maximum atomic E-state index is 11.8. The molecule has 0 heterocycles. The average molecular weight is 276 g/mol. The molecule has 1 aliphatic rings. The lowest BCUT2D eigenvalue weighted by Gasteiger charge is -2.21. The van der Waals surface area contributed by atoms with Crippen LogP contribution >= 0.6 is 0 Å². The highest BCUT2D eigenvalue weighted by Crippen LogP contribution is 2.47. The summed E-state index contributed by atoms with van der Waals surface area (Å²) in [7, 11) is 0. The molecule has 1 aromatic carbocycles. The van der Waals surface area contributed by atoms with E-state index in [-0.39, 0.29) is 5.41 Å². The van der Waals surface area contributed by atoms with Gasteiger partial charge in [-0.05, 0) is 57.7 Å². The zero-order valence-electron chi connectivity index (χ0n) is 12.7. The molecule has 0 saturated heterocycles. The lowest BCUT2D eigenvalue weighted by Crippen LogP contribution is -2.27. The highest BCUT2D eigenvalue weighted by atomic mass is 16.6. The van der Waals surface area contributed by atoms with Gasteiger partial charge in [0.2, 0.25) is 0 Å². The molecule has 4 heteroatoms.